The van der Waals surface area contributed by atoms with Gasteiger partial charge in [-0.25, -0.2) is 9.78 Å². The van der Waals surface area contributed by atoms with E-state index in [0.717, 1.165) is 18.4 Å². The van der Waals surface area contributed by atoms with Crippen LogP contribution < -0.4 is 9.64 Å². The molecule has 116 valence electrons. The van der Waals surface area contributed by atoms with Crippen molar-refractivity contribution in [3.05, 3.63) is 40.9 Å². The van der Waals surface area contributed by atoms with Gasteiger partial charge in [-0.2, -0.15) is 0 Å². The fourth-order valence-electron chi connectivity index (χ4n) is 2.66. The van der Waals surface area contributed by atoms with Gasteiger partial charge in [-0.15, -0.1) is 11.3 Å². The molecule has 0 spiro atoms. The zero-order chi connectivity index (χ0) is 16.0. The number of nitrogens with zero attached hydrogens (tertiary/aromatic N) is 2. The Hall–Kier alpha value is -2.47. The number of benzene rings is 1. The summed E-state index contributed by atoms with van der Waals surface area (Å²) in [5, 5.41) is 2.54. The number of rotatable bonds is 3. The zero-order valence-electron chi connectivity index (χ0n) is 12.5. The lowest BCUT2D eigenvalue weighted by Gasteiger charge is -2.16. The molecule has 1 fully saturated rings. The topological polar surface area (TPSA) is 59.5 Å². The van der Waals surface area contributed by atoms with Crippen molar-refractivity contribution in [1.29, 1.82) is 0 Å². The van der Waals surface area contributed by atoms with Gasteiger partial charge in [-0.3, -0.25) is 9.69 Å². The first-order chi connectivity index (χ1) is 11.1. The molecule has 1 aliphatic carbocycles. The number of aromatic nitrogens is 1. The Morgan fingerprint density at radius 3 is 2.91 bits per heavy atom. The van der Waals surface area contributed by atoms with Crippen LogP contribution in [-0.2, 0) is 9.59 Å². The van der Waals surface area contributed by atoms with E-state index in [1.165, 1.54) is 11.3 Å². The van der Waals surface area contributed by atoms with Crippen LogP contribution >= 0.6 is 11.3 Å². The normalized spacial score (nSPS) is 18.0. The van der Waals surface area contributed by atoms with Crippen molar-refractivity contribution in [2.45, 2.75) is 25.8 Å². The molecule has 2 aliphatic rings. The minimum atomic E-state index is -0.369. The van der Waals surface area contributed by atoms with E-state index >= 15 is 0 Å². The van der Waals surface area contributed by atoms with Crippen LogP contribution in [0.15, 0.2) is 29.6 Å². The van der Waals surface area contributed by atoms with Crippen LogP contribution in [0.25, 0.3) is 11.6 Å². The summed E-state index contributed by atoms with van der Waals surface area (Å²) in [7, 11) is 0. The summed E-state index contributed by atoms with van der Waals surface area (Å²) < 4.78 is 5.24. The van der Waals surface area contributed by atoms with Crippen LogP contribution in [0, 0.1) is 0 Å². The summed E-state index contributed by atoms with van der Waals surface area (Å²) in [4.78, 5) is 30.1. The molecule has 2 aromatic rings. The van der Waals surface area contributed by atoms with E-state index < -0.39 is 0 Å². The summed E-state index contributed by atoms with van der Waals surface area (Å²) in [6.07, 6.45) is 3.77. The molecule has 5 nitrogen and oxygen atoms in total. The Bertz CT molecular complexity index is 836. The second-order valence-electron chi connectivity index (χ2n) is 5.62. The lowest BCUT2D eigenvalue weighted by molar-refractivity contribution is -0.127. The van der Waals surface area contributed by atoms with E-state index in [2.05, 4.69) is 4.98 Å². The summed E-state index contributed by atoms with van der Waals surface area (Å²) in [5.41, 5.74) is 1.94. The third-order valence-corrected chi connectivity index (χ3v) is 4.72. The maximum atomic E-state index is 12.0. The number of esters is 1. The van der Waals surface area contributed by atoms with Gasteiger partial charge in [-0.05, 0) is 25.0 Å². The van der Waals surface area contributed by atoms with E-state index in [1.807, 2.05) is 23.6 Å². The standard InChI is InChI=1S/C17H14N2O3S/c1-10(20)19(12-6-7-12)17-18-11(9-23-17)8-14-13-4-2-3-5-15(13)22-16(14)21/h2-5,8-9,12H,6-7H2,1H3/b14-8-. The van der Waals surface area contributed by atoms with Crippen molar-refractivity contribution >= 4 is 40.0 Å². The van der Waals surface area contributed by atoms with E-state index in [9.17, 15) is 9.59 Å². The van der Waals surface area contributed by atoms with Crippen LogP contribution in [0.3, 0.4) is 0 Å². The number of fused-ring (bicyclic) bond motifs is 1. The van der Waals surface area contributed by atoms with Crippen LogP contribution in [-0.4, -0.2) is 22.9 Å². The minimum Gasteiger partial charge on any atom is -0.422 e. The van der Waals surface area contributed by atoms with Crippen molar-refractivity contribution in [2.75, 3.05) is 4.90 Å². The second-order valence-corrected chi connectivity index (χ2v) is 6.46. The zero-order valence-corrected chi connectivity index (χ0v) is 13.3. The fourth-order valence-corrected chi connectivity index (χ4v) is 3.56. The highest BCUT2D eigenvalue weighted by Crippen LogP contribution is 2.37. The van der Waals surface area contributed by atoms with Gasteiger partial charge in [0, 0.05) is 23.9 Å². The van der Waals surface area contributed by atoms with Crippen LogP contribution in [0.1, 0.15) is 31.0 Å². The monoisotopic (exact) mass is 326 g/mol. The van der Waals surface area contributed by atoms with Crippen molar-refractivity contribution in [1.82, 2.24) is 4.98 Å². The van der Waals surface area contributed by atoms with Crippen molar-refractivity contribution in [3.63, 3.8) is 0 Å². The van der Waals surface area contributed by atoms with Crippen molar-refractivity contribution < 1.29 is 14.3 Å². The number of carbonyl (C=O) groups excluding carboxylic acids is 2. The largest absolute Gasteiger partial charge is 0.422 e. The molecule has 0 N–H and O–H groups in total. The summed E-state index contributed by atoms with van der Waals surface area (Å²) >= 11 is 1.42. The average molecular weight is 326 g/mol. The molecule has 6 heteroatoms. The van der Waals surface area contributed by atoms with Gasteiger partial charge in [0.2, 0.25) is 5.91 Å². The first-order valence-corrected chi connectivity index (χ1v) is 8.30. The fraction of sp³-hybridized carbons (Fsp3) is 0.235. The summed E-state index contributed by atoms with van der Waals surface area (Å²) in [6, 6.07) is 7.59. The quantitative estimate of drug-likeness (QED) is 0.494. The molecule has 0 unspecified atom stereocenters. The third-order valence-electron chi connectivity index (χ3n) is 3.86. The Morgan fingerprint density at radius 2 is 2.17 bits per heavy atom. The summed E-state index contributed by atoms with van der Waals surface area (Å²) in [5.74, 6) is 0.209. The van der Waals surface area contributed by atoms with Crippen LogP contribution in [0.5, 0.6) is 5.75 Å². The van der Waals surface area contributed by atoms with E-state index in [4.69, 9.17) is 4.74 Å². The lowest BCUT2D eigenvalue weighted by atomic mass is 10.1. The number of amides is 1. The van der Waals surface area contributed by atoms with Crippen molar-refractivity contribution in [2.24, 2.45) is 0 Å². The van der Waals surface area contributed by atoms with Gasteiger partial charge in [-0.1, -0.05) is 18.2 Å². The smallest absolute Gasteiger partial charge is 0.344 e. The SMILES string of the molecule is CC(=O)N(c1nc(/C=C2\C(=O)Oc3ccccc32)cs1)C1CC1. The molecular weight excluding hydrogens is 312 g/mol. The average Bonchev–Trinajstić information content (AvgIpc) is 3.15. The molecule has 0 atom stereocenters. The Balaban J connectivity index is 1.67. The highest BCUT2D eigenvalue weighted by molar-refractivity contribution is 7.14. The Labute approximate surface area is 137 Å². The molecule has 1 aromatic heterocycles. The lowest BCUT2D eigenvalue weighted by Crippen LogP contribution is -2.30. The van der Waals surface area contributed by atoms with E-state index in [1.54, 1.807) is 24.0 Å². The number of carbonyl (C=O) groups is 2. The first kappa shape index (κ1) is 14.1. The number of anilines is 1. The molecule has 1 saturated carbocycles. The molecular formula is C17H14N2O3S. The van der Waals surface area contributed by atoms with Gasteiger partial charge in [0.1, 0.15) is 5.75 Å². The first-order valence-electron chi connectivity index (χ1n) is 7.42. The van der Waals surface area contributed by atoms with Gasteiger partial charge in [0.05, 0.1) is 11.3 Å². The number of ether oxygens (including phenoxy) is 1. The Kier molecular flexibility index (Phi) is 3.27. The molecule has 1 aromatic carbocycles. The molecule has 2 heterocycles. The van der Waals surface area contributed by atoms with E-state index in [0.29, 0.717) is 22.1 Å². The highest BCUT2D eigenvalue weighted by atomic mass is 32.1. The number of thiazole rings is 1. The number of hydrogen-bond acceptors (Lipinski definition) is 5. The van der Waals surface area contributed by atoms with E-state index in [-0.39, 0.29) is 17.9 Å². The highest BCUT2D eigenvalue weighted by Gasteiger charge is 2.34. The predicted octanol–water partition coefficient (Wildman–Crippen LogP) is 3.12. The number of hydrogen-bond donors (Lipinski definition) is 0. The van der Waals surface area contributed by atoms with Crippen LogP contribution in [0.2, 0.25) is 0 Å². The molecule has 1 aliphatic heterocycles. The van der Waals surface area contributed by atoms with Gasteiger partial charge < -0.3 is 4.74 Å². The molecule has 1 amide bonds. The molecule has 0 saturated heterocycles. The maximum Gasteiger partial charge on any atom is 0.344 e. The van der Waals surface area contributed by atoms with Gasteiger partial charge in [0.15, 0.2) is 5.13 Å². The van der Waals surface area contributed by atoms with Crippen molar-refractivity contribution in [3.8, 4) is 5.75 Å². The molecule has 4 rings (SSSR count). The van der Waals surface area contributed by atoms with Crippen LogP contribution in [0.4, 0.5) is 5.13 Å². The van der Waals surface area contributed by atoms with Gasteiger partial charge in [0.25, 0.3) is 0 Å². The molecule has 23 heavy (non-hydrogen) atoms. The minimum absolute atomic E-state index is 0.00618. The second kappa shape index (κ2) is 5.31. The predicted molar refractivity (Wildman–Crippen MR) is 88.2 cm³/mol. The Morgan fingerprint density at radius 1 is 1.39 bits per heavy atom. The molecule has 0 radical (unpaired) electrons. The number of para-hydroxylation sites is 1. The third kappa shape index (κ3) is 2.55. The summed E-state index contributed by atoms with van der Waals surface area (Å²) in [6.45, 7) is 1.56. The maximum absolute atomic E-state index is 12.0. The van der Waals surface area contributed by atoms with Gasteiger partial charge >= 0.3 is 5.97 Å². The molecule has 0 bridgehead atoms.